The smallest absolute Gasteiger partial charge is 0.119 e. The van der Waals surface area contributed by atoms with Gasteiger partial charge >= 0.3 is 0 Å². The Labute approximate surface area is 110 Å². The molecule has 0 aliphatic heterocycles. The first-order chi connectivity index (χ1) is 9.31. The Bertz CT molecular complexity index is 705. The lowest BCUT2D eigenvalue weighted by molar-refractivity contribution is 0.283. The van der Waals surface area contributed by atoms with Crippen LogP contribution in [0.25, 0.3) is 22.3 Å². The number of nitrogens with zero attached hydrogens (tertiary/aromatic N) is 1. The number of aliphatic hydroxyl groups excluding tert-OH is 1. The van der Waals surface area contributed by atoms with Gasteiger partial charge in [0.2, 0.25) is 0 Å². The fraction of sp³-hybridized carbons (Fsp3) is 0.133. The van der Waals surface area contributed by atoms with Gasteiger partial charge in [0.25, 0.3) is 0 Å². The van der Waals surface area contributed by atoms with Gasteiger partial charge in [-0.3, -0.25) is 0 Å². The predicted octanol–water partition coefficient (Wildman–Crippen LogP) is 2.73. The summed E-state index contributed by atoms with van der Waals surface area (Å²) in [5.74, 6) is 0.761. The minimum Gasteiger partial charge on any atom is -0.497 e. The van der Waals surface area contributed by atoms with Crippen LogP contribution in [0.5, 0.6) is 5.75 Å². The van der Waals surface area contributed by atoms with Crippen molar-refractivity contribution in [2.24, 2.45) is 0 Å². The summed E-state index contributed by atoms with van der Waals surface area (Å²) in [6.07, 6.45) is 1.86. The van der Waals surface area contributed by atoms with Crippen molar-refractivity contribution < 1.29 is 9.84 Å². The van der Waals surface area contributed by atoms with Gasteiger partial charge in [-0.25, -0.2) is 4.98 Å². The summed E-state index contributed by atoms with van der Waals surface area (Å²) in [4.78, 5) is 7.73. The first kappa shape index (κ1) is 11.7. The molecule has 3 rings (SSSR count). The van der Waals surface area contributed by atoms with Gasteiger partial charge in [-0.05, 0) is 42.0 Å². The Morgan fingerprint density at radius 3 is 2.84 bits per heavy atom. The second-order valence-electron chi connectivity index (χ2n) is 4.29. The second-order valence-corrected chi connectivity index (χ2v) is 4.29. The van der Waals surface area contributed by atoms with Gasteiger partial charge < -0.3 is 14.8 Å². The molecule has 2 aromatic heterocycles. The molecule has 0 fully saturated rings. The summed E-state index contributed by atoms with van der Waals surface area (Å²) in [7, 11) is 1.63. The number of H-pyrrole nitrogens is 1. The molecular weight excluding hydrogens is 240 g/mol. The maximum atomic E-state index is 9.54. The quantitative estimate of drug-likeness (QED) is 0.755. The van der Waals surface area contributed by atoms with Gasteiger partial charge in [-0.2, -0.15) is 0 Å². The monoisotopic (exact) mass is 254 g/mol. The molecule has 96 valence electrons. The van der Waals surface area contributed by atoms with Gasteiger partial charge in [0.1, 0.15) is 5.75 Å². The molecule has 0 amide bonds. The third-order valence-electron chi connectivity index (χ3n) is 3.15. The van der Waals surface area contributed by atoms with Gasteiger partial charge in [0.15, 0.2) is 0 Å². The van der Waals surface area contributed by atoms with E-state index in [1.807, 2.05) is 42.6 Å². The van der Waals surface area contributed by atoms with Crippen LogP contribution >= 0.6 is 0 Å². The van der Waals surface area contributed by atoms with Crippen LogP contribution in [0.3, 0.4) is 0 Å². The molecule has 0 radical (unpaired) electrons. The van der Waals surface area contributed by atoms with Crippen LogP contribution in [0, 0.1) is 0 Å². The van der Waals surface area contributed by atoms with Gasteiger partial charge in [-0.15, -0.1) is 0 Å². The third-order valence-corrected chi connectivity index (χ3v) is 3.15. The van der Waals surface area contributed by atoms with Crippen molar-refractivity contribution in [1.29, 1.82) is 0 Å². The molecule has 0 spiro atoms. The zero-order valence-electron chi connectivity index (χ0n) is 10.6. The van der Waals surface area contributed by atoms with Crippen LogP contribution in [-0.4, -0.2) is 22.2 Å². The van der Waals surface area contributed by atoms with E-state index in [9.17, 15) is 5.11 Å². The molecule has 19 heavy (non-hydrogen) atoms. The van der Waals surface area contributed by atoms with E-state index in [2.05, 4.69) is 9.97 Å². The minimum atomic E-state index is -0.0279. The zero-order chi connectivity index (χ0) is 13.2. The van der Waals surface area contributed by atoms with E-state index in [1.54, 1.807) is 7.11 Å². The molecule has 0 aliphatic carbocycles. The minimum absolute atomic E-state index is 0.0279. The molecule has 1 aromatic carbocycles. The summed E-state index contributed by atoms with van der Waals surface area (Å²) < 4.78 is 5.21. The van der Waals surface area contributed by atoms with Crippen molar-refractivity contribution in [3.8, 4) is 17.1 Å². The molecule has 0 atom stereocenters. The first-order valence-corrected chi connectivity index (χ1v) is 6.04. The number of fused-ring (bicyclic) bond motifs is 1. The number of aromatic nitrogens is 2. The summed E-state index contributed by atoms with van der Waals surface area (Å²) in [5, 5.41) is 10.5. The van der Waals surface area contributed by atoms with Crippen LogP contribution in [0.15, 0.2) is 42.6 Å². The Hall–Kier alpha value is -2.33. The predicted molar refractivity (Wildman–Crippen MR) is 74.0 cm³/mol. The number of benzene rings is 1. The molecule has 2 N–H and O–H groups in total. The normalized spacial score (nSPS) is 10.8. The highest BCUT2D eigenvalue weighted by atomic mass is 16.5. The largest absolute Gasteiger partial charge is 0.497 e. The molecule has 4 heteroatoms. The van der Waals surface area contributed by atoms with Crippen molar-refractivity contribution in [3.05, 3.63) is 48.2 Å². The van der Waals surface area contributed by atoms with Crippen molar-refractivity contribution >= 4 is 10.9 Å². The van der Waals surface area contributed by atoms with Crippen LogP contribution in [0.2, 0.25) is 0 Å². The number of methoxy groups -OCH3 is 1. The van der Waals surface area contributed by atoms with E-state index in [1.165, 1.54) is 0 Å². The van der Waals surface area contributed by atoms with E-state index in [0.717, 1.165) is 33.6 Å². The lowest BCUT2D eigenvalue weighted by Gasteiger charge is -2.08. The first-order valence-electron chi connectivity index (χ1n) is 6.04. The standard InChI is InChI=1S/C15H14N2O2/c1-19-11-4-5-13-12(8-11)10(9-18)7-15(17-13)14-3-2-6-16-14/h2-8,16,18H,9H2,1H3. The molecule has 0 bridgehead atoms. The van der Waals surface area contributed by atoms with Crippen molar-refractivity contribution in [2.45, 2.75) is 6.61 Å². The fourth-order valence-corrected chi connectivity index (χ4v) is 2.16. The number of aliphatic hydroxyl groups is 1. The van der Waals surface area contributed by atoms with Crippen LogP contribution in [0.4, 0.5) is 0 Å². The maximum absolute atomic E-state index is 9.54. The Morgan fingerprint density at radius 1 is 1.26 bits per heavy atom. The topological polar surface area (TPSA) is 58.1 Å². The molecule has 4 nitrogen and oxygen atoms in total. The van der Waals surface area contributed by atoms with Crippen molar-refractivity contribution in [3.63, 3.8) is 0 Å². The van der Waals surface area contributed by atoms with Gasteiger partial charge in [0.05, 0.1) is 30.6 Å². The van der Waals surface area contributed by atoms with Crippen molar-refractivity contribution in [2.75, 3.05) is 7.11 Å². The number of aromatic amines is 1. The van der Waals surface area contributed by atoms with E-state index < -0.39 is 0 Å². The van der Waals surface area contributed by atoms with Crippen molar-refractivity contribution in [1.82, 2.24) is 9.97 Å². The zero-order valence-corrected chi connectivity index (χ0v) is 10.6. The average molecular weight is 254 g/mol. The number of pyridine rings is 1. The summed E-state index contributed by atoms with van der Waals surface area (Å²) in [6, 6.07) is 11.4. The molecule has 3 aromatic rings. The van der Waals surface area contributed by atoms with E-state index in [-0.39, 0.29) is 6.61 Å². The van der Waals surface area contributed by atoms with Crippen LogP contribution in [0.1, 0.15) is 5.56 Å². The molecular formula is C15H14N2O2. The number of hydrogen-bond acceptors (Lipinski definition) is 3. The highest BCUT2D eigenvalue weighted by molar-refractivity contribution is 5.86. The summed E-state index contributed by atoms with van der Waals surface area (Å²) in [6.45, 7) is -0.0279. The number of rotatable bonds is 3. The average Bonchev–Trinajstić information content (AvgIpc) is 2.99. The molecule has 0 saturated carbocycles. The number of hydrogen-bond donors (Lipinski definition) is 2. The molecule has 0 saturated heterocycles. The van der Waals surface area contributed by atoms with E-state index in [4.69, 9.17) is 4.74 Å². The van der Waals surface area contributed by atoms with Gasteiger partial charge in [-0.1, -0.05) is 0 Å². The SMILES string of the molecule is COc1ccc2nc(-c3ccc[nH]3)cc(CO)c2c1. The van der Waals surface area contributed by atoms with E-state index in [0.29, 0.717) is 0 Å². The Balaban J connectivity index is 2.24. The third kappa shape index (κ3) is 2.06. The Kier molecular flexibility index (Phi) is 2.93. The molecule has 0 aliphatic rings. The number of nitrogens with one attached hydrogen (secondary N) is 1. The maximum Gasteiger partial charge on any atom is 0.119 e. The highest BCUT2D eigenvalue weighted by Gasteiger charge is 2.08. The second kappa shape index (κ2) is 4.74. The fourth-order valence-electron chi connectivity index (χ4n) is 2.16. The summed E-state index contributed by atoms with van der Waals surface area (Å²) in [5.41, 5.74) is 3.45. The number of ether oxygens (including phenoxy) is 1. The lowest BCUT2D eigenvalue weighted by Crippen LogP contribution is -1.93. The molecule has 0 unspecified atom stereocenters. The van der Waals surface area contributed by atoms with E-state index >= 15 is 0 Å². The van der Waals surface area contributed by atoms with Crippen LogP contribution in [-0.2, 0) is 6.61 Å². The van der Waals surface area contributed by atoms with Crippen LogP contribution < -0.4 is 4.74 Å². The summed E-state index contributed by atoms with van der Waals surface area (Å²) >= 11 is 0. The Morgan fingerprint density at radius 2 is 2.16 bits per heavy atom. The van der Waals surface area contributed by atoms with Gasteiger partial charge in [0, 0.05) is 11.6 Å². The lowest BCUT2D eigenvalue weighted by atomic mass is 10.1. The molecule has 2 heterocycles. The highest BCUT2D eigenvalue weighted by Crippen LogP contribution is 2.27.